The van der Waals surface area contributed by atoms with Crippen molar-refractivity contribution in [2.24, 2.45) is 0 Å². The summed E-state index contributed by atoms with van der Waals surface area (Å²) < 4.78 is 11.5. The molecule has 0 atom stereocenters. The molecule has 1 saturated heterocycles. The zero-order valence-electron chi connectivity index (χ0n) is 21.3. The number of non-ortho nitro benzene ring substituents is 1. The number of hydrogen-bond donors (Lipinski definition) is 1. The Balaban J connectivity index is 1.51. The number of carbonyl (C=O) groups is 3. The van der Waals surface area contributed by atoms with Gasteiger partial charge in [0, 0.05) is 17.7 Å². The topological polar surface area (TPSA) is 128 Å². The van der Waals surface area contributed by atoms with Gasteiger partial charge in [0.1, 0.15) is 23.7 Å². The van der Waals surface area contributed by atoms with E-state index in [4.69, 9.17) is 9.47 Å². The zero-order valence-corrected chi connectivity index (χ0v) is 21.3. The molecule has 0 bridgehead atoms. The Bertz CT molecular complexity index is 1660. The number of barbiturate groups is 1. The minimum absolute atomic E-state index is 0.0340. The Morgan fingerprint density at radius 2 is 1.62 bits per heavy atom. The van der Waals surface area contributed by atoms with Crippen LogP contribution in [0.5, 0.6) is 11.5 Å². The maximum absolute atomic E-state index is 13.5. The van der Waals surface area contributed by atoms with Crippen molar-refractivity contribution in [3.8, 4) is 11.5 Å². The molecule has 0 radical (unpaired) electrons. The fraction of sp³-hybridized carbons (Fsp3) is 0.100. The van der Waals surface area contributed by atoms with E-state index in [0.29, 0.717) is 29.2 Å². The fourth-order valence-electron chi connectivity index (χ4n) is 4.32. The molecule has 40 heavy (non-hydrogen) atoms. The number of nitro groups is 1. The quantitative estimate of drug-likeness (QED) is 0.138. The van der Waals surface area contributed by atoms with Crippen LogP contribution in [0, 0.1) is 10.1 Å². The van der Waals surface area contributed by atoms with Crippen molar-refractivity contribution < 1.29 is 28.8 Å². The summed E-state index contributed by atoms with van der Waals surface area (Å²) in [6.07, 6.45) is 1.42. The maximum atomic E-state index is 13.5. The second kappa shape index (κ2) is 11.1. The molecule has 0 unspecified atom stereocenters. The second-order valence-corrected chi connectivity index (χ2v) is 8.80. The third kappa shape index (κ3) is 5.23. The lowest BCUT2D eigenvalue weighted by molar-refractivity contribution is -0.384. The van der Waals surface area contributed by atoms with Crippen molar-refractivity contribution >= 4 is 46.1 Å². The van der Waals surface area contributed by atoms with Gasteiger partial charge in [-0.3, -0.25) is 25.0 Å². The van der Waals surface area contributed by atoms with Crippen LogP contribution < -0.4 is 19.7 Å². The Morgan fingerprint density at radius 1 is 0.900 bits per heavy atom. The van der Waals surface area contributed by atoms with E-state index in [2.05, 4.69) is 5.32 Å². The van der Waals surface area contributed by atoms with Crippen LogP contribution in [0.1, 0.15) is 18.1 Å². The first-order valence-corrected chi connectivity index (χ1v) is 12.4. The van der Waals surface area contributed by atoms with E-state index in [1.165, 1.54) is 18.2 Å². The number of carbonyl (C=O) groups excluding carboxylic acids is 3. The van der Waals surface area contributed by atoms with Crippen molar-refractivity contribution in [2.75, 3.05) is 11.5 Å². The van der Waals surface area contributed by atoms with Gasteiger partial charge in [0.15, 0.2) is 0 Å². The average Bonchev–Trinajstić information content (AvgIpc) is 2.95. The van der Waals surface area contributed by atoms with Crippen LogP contribution in [-0.4, -0.2) is 29.4 Å². The molecular weight excluding hydrogens is 514 g/mol. The largest absolute Gasteiger partial charge is 0.494 e. The number of nitrogens with zero attached hydrogens (tertiary/aromatic N) is 2. The van der Waals surface area contributed by atoms with Crippen molar-refractivity contribution in [2.45, 2.75) is 13.5 Å². The van der Waals surface area contributed by atoms with Crippen LogP contribution in [0.3, 0.4) is 0 Å². The van der Waals surface area contributed by atoms with Crippen LogP contribution in [-0.2, 0) is 16.2 Å². The number of nitrogens with one attached hydrogen (secondary N) is 1. The van der Waals surface area contributed by atoms with Gasteiger partial charge in [-0.05, 0) is 71.8 Å². The molecular formula is C30H23N3O7. The molecule has 10 heteroatoms. The van der Waals surface area contributed by atoms with E-state index < -0.39 is 22.8 Å². The molecule has 0 saturated carbocycles. The van der Waals surface area contributed by atoms with Crippen LogP contribution in [0.15, 0.2) is 90.5 Å². The highest BCUT2D eigenvalue weighted by molar-refractivity contribution is 6.39. The summed E-state index contributed by atoms with van der Waals surface area (Å²) in [5, 5.41) is 14.8. The predicted molar refractivity (Wildman–Crippen MR) is 148 cm³/mol. The summed E-state index contributed by atoms with van der Waals surface area (Å²) in [5.74, 6) is -0.651. The van der Waals surface area contributed by atoms with Gasteiger partial charge >= 0.3 is 6.03 Å². The van der Waals surface area contributed by atoms with Crippen molar-refractivity contribution in [3.05, 3.63) is 112 Å². The molecule has 4 amide bonds. The van der Waals surface area contributed by atoms with Gasteiger partial charge in [0.2, 0.25) is 0 Å². The molecule has 1 N–H and O–H groups in total. The number of benzene rings is 4. The van der Waals surface area contributed by atoms with Crippen LogP contribution >= 0.6 is 0 Å². The van der Waals surface area contributed by atoms with Gasteiger partial charge < -0.3 is 9.47 Å². The number of amides is 4. The zero-order chi connectivity index (χ0) is 28.2. The van der Waals surface area contributed by atoms with E-state index in [9.17, 15) is 24.5 Å². The molecule has 1 fully saturated rings. The summed E-state index contributed by atoms with van der Waals surface area (Å²) in [7, 11) is 0. The van der Waals surface area contributed by atoms with Gasteiger partial charge in [0.25, 0.3) is 17.5 Å². The summed E-state index contributed by atoms with van der Waals surface area (Å²) >= 11 is 0. The summed E-state index contributed by atoms with van der Waals surface area (Å²) in [4.78, 5) is 50.5. The third-order valence-electron chi connectivity index (χ3n) is 6.27. The first-order valence-electron chi connectivity index (χ1n) is 12.4. The molecule has 4 aromatic rings. The van der Waals surface area contributed by atoms with Gasteiger partial charge in [-0.2, -0.15) is 0 Å². The SMILES string of the molecule is CCOc1ccc(N2C(=O)NC(=O)/C(=C\c3c(OCc4ccc([N+](=O)[O-])cc4)ccc4ccccc34)C2=O)cc1. The number of urea groups is 1. The standard InChI is InChI=1S/C30H23N3O7/c1-2-39-23-14-12-21(13-15-23)32-29(35)26(28(34)31-30(32)36)17-25-24-6-4-3-5-20(24)9-16-27(25)40-18-19-7-10-22(11-8-19)33(37)38/h3-17H,2,18H2,1H3,(H,31,34,36)/b26-17+. The highest BCUT2D eigenvalue weighted by Crippen LogP contribution is 2.32. The summed E-state index contributed by atoms with van der Waals surface area (Å²) in [5.41, 5.74) is 1.16. The molecule has 0 spiro atoms. The predicted octanol–water partition coefficient (Wildman–Crippen LogP) is 5.39. The van der Waals surface area contributed by atoms with Crippen molar-refractivity contribution in [1.29, 1.82) is 0 Å². The smallest absolute Gasteiger partial charge is 0.335 e. The van der Waals surface area contributed by atoms with Gasteiger partial charge in [-0.1, -0.05) is 30.3 Å². The number of imide groups is 2. The molecule has 1 heterocycles. The number of fused-ring (bicyclic) bond motifs is 1. The highest BCUT2D eigenvalue weighted by Gasteiger charge is 2.37. The molecule has 200 valence electrons. The third-order valence-corrected chi connectivity index (χ3v) is 6.27. The van der Waals surface area contributed by atoms with E-state index in [1.54, 1.807) is 42.5 Å². The Hall–Kier alpha value is -5.51. The van der Waals surface area contributed by atoms with Crippen molar-refractivity contribution in [1.82, 2.24) is 5.32 Å². The van der Waals surface area contributed by atoms with E-state index in [0.717, 1.165) is 15.7 Å². The Labute approximate surface area is 228 Å². The molecule has 10 nitrogen and oxygen atoms in total. The van der Waals surface area contributed by atoms with Gasteiger partial charge in [-0.25, -0.2) is 9.69 Å². The molecule has 0 aliphatic carbocycles. The average molecular weight is 538 g/mol. The second-order valence-electron chi connectivity index (χ2n) is 8.80. The first-order chi connectivity index (χ1) is 19.4. The lowest BCUT2D eigenvalue weighted by Gasteiger charge is -2.26. The minimum atomic E-state index is -0.858. The first kappa shape index (κ1) is 26.1. The monoisotopic (exact) mass is 537 g/mol. The Morgan fingerprint density at radius 3 is 2.33 bits per heavy atom. The fourth-order valence-corrected chi connectivity index (χ4v) is 4.32. The number of rotatable bonds is 8. The summed E-state index contributed by atoms with van der Waals surface area (Å²) in [6, 6.07) is 22.5. The lowest BCUT2D eigenvalue weighted by Crippen LogP contribution is -2.54. The highest BCUT2D eigenvalue weighted by atomic mass is 16.6. The number of hydrogen-bond acceptors (Lipinski definition) is 7. The number of ether oxygens (including phenoxy) is 2. The Kier molecular flexibility index (Phi) is 7.23. The molecule has 0 aromatic heterocycles. The number of nitro benzene ring substituents is 1. The van der Waals surface area contributed by atoms with Gasteiger partial charge in [0.05, 0.1) is 17.2 Å². The lowest BCUT2D eigenvalue weighted by atomic mass is 9.99. The van der Waals surface area contributed by atoms with Crippen LogP contribution in [0.2, 0.25) is 0 Å². The molecule has 1 aliphatic heterocycles. The summed E-state index contributed by atoms with van der Waals surface area (Å²) in [6.45, 7) is 2.39. The minimum Gasteiger partial charge on any atom is -0.494 e. The molecule has 4 aromatic carbocycles. The van der Waals surface area contributed by atoms with Gasteiger partial charge in [-0.15, -0.1) is 0 Å². The molecule has 5 rings (SSSR count). The number of anilines is 1. The van der Waals surface area contributed by atoms with E-state index in [-0.39, 0.29) is 23.6 Å². The normalized spacial score (nSPS) is 14.4. The van der Waals surface area contributed by atoms with Crippen molar-refractivity contribution in [3.63, 3.8) is 0 Å². The van der Waals surface area contributed by atoms with E-state index >= 15 is 0 Å². The maximum Gasteiger partial charge on any atom is 0.335 e. The van der Waals surface area contributed by atoms with Crippen LogP contribution in [0.25, 0.3) is 16.8 Å². The molecule has 1 aliphatic rings. The van der Waals surface area contributed by atoms with E-state index in [1.807, 2.05) is 37.3 Å². The van der Waals surface area contributed by atoms with Crippen LogP contribution in [0.4, 0.5) is 16.2 Å².